The summed E-state index contributed by atoms with van der Waals surface area (Å²) < 4.78 is 16.2. The number of carbonyl (C=O) groups excluding carboxylic acids is 1. The highest BCUT2D eigenvalue weighted by atomic mass is 16.6. The van der Waals surface area contributed by atoms with Gasteiger partial charge in [0.15, 0.2) is 0 Å². The summed E-state index contributed by atoms with van der Waals surface area (Å²) in [6.07, 6.45) is 0. The van der Waals surface area contributed by atoms with Crippen molar-refractivity contribution in [3.8, 4) is 11.8 Å². The Kier molecular flexibility index (Phi) is 5.31. The first kappa shape index (κ1) is 21.0. The van der Waals surface area contributed by atoms with E-state index < -0.39 is 23.0 Å². The molecule has 0 fully saturated rings. The average Bonchev–Trinajstić information content (AvgIpc) is 2.65. The van der Waals surface area contributed by atoms with Crippen LogP contribution in [-0.2, 0) is 14.3 Å². The van der Waals surface area contributed by atoms with Gasteiger partial charge in [-0.2, -0.15) is 5.26 Å². The molecule has 3 rings (SSSR count). The van der Waals surface area contributed by atoms with Gasteiger partial charge in [0.05, 0.1) is 18.6 Å². The number of ether oxygens (including phenoxy) is 3. The van der Waals surface area contributed by atoms with Crippen LogP contribution in [0.4, 0.5) is 0 Å². The van der Waals surface area contributed by atoms with Gasteiger partial charge in [0.2, 0.25) is 5.88 Å². The van der Waals surface area contributed by atoms with Crippen molar-refractivity contribution in [3.63, 3.8) is 0 Å². The minimum atomic E-state index is -1.03. The molecule has 30 heavy (non-hydrogen) atoms. The predicted molar refractivity (Wildman–Crippen MR) is 110 cm³/mol. The van der Waals surface area contributed by atoms with Crippen LogP contribution in [-0.4, -0.2) is 23.7 Å². The normalized spacial score (nSPS) is 16.9. The molecule has 0 amide bonds. The zero-order valence-electron chi connectivity index (χ0n) is 17.5. The lowest BCUT2D eigenvalue weighted by Gasteiger charge is -2.29. The summed E-state index contributed by atoms with van der Waals surface area (Å²) in [5.74, 6) is -1.09. The van der Waals surface area contributed by atoms with E-state index in [1.807, 2.05) is 6.07 Å². The second-order valence-electron chi connectivity index (χ2n) is 7.90. The number of benzene rings is 1. The van der Waals surface area contributed by atoms with E-state index in [9.17, 15) is 14.9 Å². The maximum Gasteiger partial charge on any atom is 0.338 e. The van der Waals surface area contributed by atoms with Crippen LogP contribution in [0.1, 0.15) is 39.2 Å². The number of hydrogen-bond donors (Lipinski definition) is 2. The number of pyridine rings is 1. The molecule has 1 aliphatic heterocycles. The van der Waals surface area contributed by atoms with E-state index in [0.717, 1.165) is 0 Å². The lowest BCUT2D eigenvalue weighted by molar-refractivity contribution is -0.150. The number of nitriles is 1. The van der Waals surface area contributed by atoms with Gasteiger partial charge in [-0.1, -0.05) is 0 Å². The van der Waals surface area contributed by atoms with E-state index in [2.05, 4.69) is 4.98 Å². The van der Waals surface area contributed by atoms with Crippen molar-refractivity contribution >= 4 is 16.9 Å². The van der Waals surface area contributed by atoms with Crippen LogP contribution < -0.4 is 16.0 Å². The number of nitrogens with one attached hydrogen (secondary N) is 1. The zero-order valence-corrected chi connectivity index (χ0v) is 17.5. The Balaban J connectivity index is 2.26. The van der Waals surface area contributed by atoms with Crippen LogP contribution in [0.5, 0.6) is 5.75 Å². The van der Waals surface area contributed by atoms with E-state index >= 15 is 0 Å². The summed E-state index contributed by atoms with van der Waals surface area (Å²) in [5, 5.41) is 10.4. The fraction of sp³-hybridized carbons (Fsp3) is 0.318. The molecule has 2 heterocycles. The number of allylic oxidation sites excluding steroid dienone is 2. The molecule has 156 valence electrons. The molecule has 3 N–H and O–H groups in total. The average molecular weight is 409 g/mol. The van der Waals surface area contributed by atoms with Crippen LogP contribution in [0.3, 0.4) is 0 Å². The van der Waals surface area contributed by atoms with Crippen LogP contribution in [0.15, 0.2) is 51.8 Å². The van der Waals surface area contributed by atoms with Gasteiger partial charge < -0.3 is 24.9 Å². The number of methoxy groups -OCH3 is 1. The molecule has 0 saturated heterocycles. The third-order valence-electron chi connectivity index (χ3n) is 4.62. The molecule has 0 bridgehead atoms. The van der Waals surface area contributed by atoms with E-state index in [1.54, 1.807) is 52.0 Å². The predicted octanol–water partition coefficient (Wildman–Crippen LogP) is 2.96. The fourth-order valence-electron chi connectivity index (χ4n) is 3.33. The van der Waals surface area contributed by atoms with E-state index in [1.165, 1.54) is 7.11 Å². The molecule has 0 saturated carbocycles. The number of hydrogen-bond acceptors (Lipinski definition) is 7. The molecule has 1 aromatic heterocycles. The SMILES string of the molecule is COc1ccc2[nH]c(=O)c([C@@H]3C(C#N)=C(N)OC(C)=C3C(=O)OC(C)(C)C)cc2c1. The van der Waals surface area contributed by atoms with Crippen LogP contribution in [0.25, 0.3) is 10.9 Å². The van der Waals surface area contributed by atoms with Gasteiger partial charge in [-0.3, -0.25) is 4.79 Å². The van der Waals surface area contributed by atoms with Crippen LogP contribution in [0.2, 0.25) is 0 Å². The largest absolute Gasteiger partial charge is 0.497 e. The topological polar surface area (TPSA) is 127 Å². The molecule has 0 aliphatic carbocycles. The third-order valence-corrected chi connectivity index (χ3v) is 4.62. The summed E-state index contributed by atoms with van der Waals surface area (Å²) in [5.41, 5.74) is 5.49. The quantitative estimate of drug-likeness (QED) is 0.746. The highest BCUT2D eigenvalue weighted by molar-refractivity contribution is 5.93. The molecule has 2 aromatic rings. The van der Waals surface area contributed by atoms with Crippen molar-refractivity contribution in [2.24, 2.45) is 5.73 Å². The Hall–Kier alpha value is -3.73. The van der Waals surface area contributed by atoms with Gasteiger partial charge in [0.25, 0.3) is 5.56 Å². The lowest BCUT2D eigenvalue weighted by Crippen LogP contribution is -2.32. The number of esters is 1. The van der Waals surface area contributed by atoms with Crippen molar-refractivity contribution in [1.29, 1.82) is 5.26 Å². The molecule has 1 aliphatic rings. The number of aromatic amines is 1. The smallest absolute Gasteiger partial charge is 0.338 e. The van der Waals surface area contributed by atoms with E-state index in [-0.39, 0.29) is 28.4 Å². The van der Waals surface area contributed by atoms with Crippen LogP contribution >= 0.6 is 0 Å². The molecule has 8 nitrogen and oxygen atoms in total. The van der Waals surface area contributed by atoms with Crippen molar-refractivity contribution in [2.45, 2.75) is 39.2 Å². The third kappa shape index (κ3) is 3.87. The minimum absolute atomic E-state index is 0.0331. The number of rotatable bonds is 3. The number of nitrogens with two attached hydrogens (primary N) is 1. The summed E-state index contributed by atoms with van der Waals surface area (Å²) in [4.78, 5) is 28.7. The van der Waals surface area contributed by atoms with Gasteiger partial charge in [-0.05, 0) is 52.0 Å². The Bertz CT molecular complexity index is 1190. The van der Waals surface area contributed by atoms with Crippen molar-refractivity contribution in [2.75, 3.05) is 7.11 Å². The Labute approximate surface area is 173 Å². The summed E-state index contributed by atoms with van der Waals surface area (Å²) in [6, 6.07) is 8.79. The number of H-pyrrole nitrogens is 1. The highest BCUT2D eigenvalue weighted by Gasteiger charge is 2.39. The zero-order chi connectivity index (χ0) is 22.2. The number of aromatic nitrogens is 1. The number of fused-ring (bicyclic) bond motifs is 1. The first-order chi connectivity index (χ1) is 14.1. The van der Waals surface area contributed by atoms with Gasteiger partial charge in [0.1, 0.15) is 28.8 Å². The Morgan fingerprint density at radius 1 is 1.30 bits per heavy atom. The molecular formula is C22H23N3O5. The van der Waals surface area contributed by atoms with E-state index in [0.29, 0.717) is 16.7 Å². The highest BCUT2D eigenvalue weighted by Crippen LogP contribution is 2.39. The van der Waals surface area contributed by atoms with Crippen LogP contribution in [0, 0.1) is 11.3 Å². The molecule has 1 aromatic carbocycles. The lowest BCUT2D eigenvalue weighted by atomic mass is 9.83. The molecular weight excluding hydrogens is 386 g/mol. The van der Waals surface area contributed by atoms with Gasteiger partial charge >= 0.3 is 5.97 Å². The monoisotopic (exact) mass is 409 g/mol. The first-order valence-corrected chi connectivity index (χ1v) is 9.28. The molecule has 0 spiro atoms. The summed E-state index contributed by atoms with van der Waals surface area (Å²) >= 11 is 0. The molecule has 0 radical (unpaired) electrons. The standard InChI is InChI=1S/C22H23N3O5/c1-11-17(21(27)30-22(2,3)4)18(15(10-23)19(24)29-11)14-9-12-8-13(28-5)6-7-16(12)25-20(14)26/h6-9,18H,24H2,1-5H3,(H,25,26)/t18-/m1/s1. The minimum Gasteiger partial charge on any atom is -0.497 e. The Morgan fingerprint density at radius 3 is 2.60 bits per heavy atom. The van der Waals surface area contributed by atoms with Gasteiger partial charge in [0, 0.05) is 16.5 Å². The maximum absolute atomic E-state index is 13.0. The summed E-state index contributed by atoms with van der Waals surface area (Å²) in [7, 11) is 1.54. The van der Waals surface area contributed by atoms with E-state index in [4.69, 9.17) is 19.9 Å². The van der Waals surface area contributed by atoms with Gasteiger partial charge in [-0.15, -0.1) is 0 Å². The van der Waals surface area contributed by atoms with Gasteiger partial charge in [-0.25, -0.2) is 4.79 Å². The second-order valence-corrected chi connectivity index (χ2v) is 7.90. The maximum atomic E-state index is 13.0. The number of nitrogens with zero attached hydrogens (tertiary/aromatic N) is 1. The second kappa shape index (κ2) is 7.59. The molecule has 1 atom stereocenters. The van der Waals surface area contributed by atoms with Crippen molar-refractivity contribution in [1.82, 2.24) is 4.98 Å². The first-order valence-electron chi connectivity index (χ1n) is 9.28. The van der Waals surface area contributed by atoms with Crippen molar-refractivity contribution in [3.05, 3.63) is 63.0 Å². The summed E-state index contributed by atoms with van der Waals surface area (Å²) in [6.45, 7) is 6.73. The Morgan fingerprint density at radius 2 is 2.00 bits per heavy atom. The molecule has 0 unspecified atom stereocenters. The molecule has 8 heteroatoms. The number of carbonyl (C=O) groups is 1. The fourth-order valence-corrected chi connectivity index (χ4v) is 3.33. The van der Waals surface area contributed by atoms with Crippen molar-refractivity contribution < 1.29 is 19.0 Å².